The van der Waals surface area contributed by atoms with Crippen molar-refractivity contribution in [3.63, 3.8) is 0 Å². The molecule has 1 aliphatic carbocycles. The van der Waals surface area contributed by atoms with E-state index in [-0.39, 0.29) is 27.0 Å². The van der Waals surface area contributed by atoms with Crippen LogP contribution in [0.2, 0.25) is 0 Å². The number of hydrogen-bond acceptors (Lipinski definition) is 1. The van der Waals surface area contributed by atoms with Gasteiger partial charge >= 0.3 is 22.6 Å². The Kier molecular flexibility index (Phi) is 18.6. The molecule has 8 radical (unpaired) electrons. The van der Waals surface area contributed by atoms with Crippen LogP contribution in [0.3, 0.4) is 0 Å². The fraction of sp³-hybridized carbons (Fsp3) is 0.171. The van der Waals surface area contributed by atoms with Crippen molar-refractivity contribution >= 4 is 5.91 Å². The van der Waals surface area contributed by atoms with Crippen LogP contribution in [0.4, 0.5) is 0 Å². The molecule has 2 aliphatic rings. The van der Waals surface area contributed by atoms with Gasteiger partial charge < -0.3 is 4.90 Å². The van der Waals surface area contributed by atoms with E-state index >= 15 is 0 Å². The molecule has 202 valence electrons. The minimum atomic E-state index is -0.470. The SMILES string of the molecule is O=C([CH][CH][CH]C(c1ccccc1)(c1ccccc1)c1ccccc1)N1CCCCC1.[C-]#[O+].[C-]#[O+].[CH]1[CH][CH][CH][CH]1.[Mo]. The molecule has 0 atom stereocenters. The number of carbonyl (C=O) groups excluding carboxylic acids is 1. The molecule has 0 bridgehead atoms. The van der Waals surface area contributed by atoms with E-state index in [1.54, 1.807) is 6.42 Å². The van der Waals surface area contributed by atoms with Crippen molar-refractivity contribution in [1.29, 1.82) is 0 Å². The summed E-state index contributed by atoms with van der Waals surface area (Å²) < 4.78 is 15.0. The van der Waals surface area contributed by atoms with E-state index < -0.39 is 5.41 Å². The summed E-state index contributed by atoms with van der Waals surface area (Å²) in [4.78, 5) is 14.7. The summed E-state index contributed by atoms with van der Waals surface area (Å²) in [5.74, 6) is 0.106. The van der Waals surface area contributed by atoms with Gasteiger partial charge in [0.1, 0.15) is 0 Å². The van der Waals surface area contributed by atoms with Gasteiger partial charge in [-0.1, -0.05) is 91.0 Å². The number of likely N-dealkylation sites (tertiary alicyclic amines) is 1. The summed E-state index contributed by atoms with van der Waals surface area (Å²) in [6.07, 6.45) is 19.3. The first-order valence-corrected chi connectivity index (χ1v) is 12.9. The van der Waals surface area contributed by atoms with Crippen LogP contribution in [0.1, 0.15) is 36.0 Å². The van der Waals surface area contributed by atoms with E-state index in [0.717, 1.165) is 25.9 Å². The molecule has 0 aromatic heterocycles. The van der Waals surface area contributed by atoms with Crippen LogP contribution in [-0.2, 0) is 40.6 Å². The van der Waals surface area contributed by atoms with Crippen molar-refractivity contribution in [2.45, 2.75) is 24.7 Å². The Balaban J connectivity index is 0.000000699. The Morgan fingerprint density at radius 1 is 0.625 bits per heavy atom. The van der Waals surface area contributed by atoms with Crippen LogP contribution >= 0.6 is 0 Å². The molecule has 0 N–H and O–H groups in total. The molecule has 5 heteroatoms. The number of nitrogens with zero attached hydrogens (tertiary/aromatic N) is 1. The summed E-state index contributed by atoms with van der Waals surface area (Å²) in [7, 11) is 0. The summed E-state index contributed by atoms with van der Waals surface area (Å²) in [6, 6.07) is 31.6. The molecule has 4 nitrogen and oxygen atoms in total. The Morgan fingerprint density at radius 2 is 0.975 bits per heavy atom. The van der Waals surface area contributed by atoms with Gasteiger partial charge in [0, 0.05) is 39.6 Å². The molecule has 0 spiro atoms. The second-order valence-corrected chi connectivity index (χ2v) is 8.78. The van der Waals surface area contributed by atoms with Crippen molar-refractivity contribution in [2.24, 2.45) is 0 Å². The second-order valence-electron chi connectivity index (χ2n) is 8.78. The van der Waals surface area contributed by atoms with E-state index in [1.807, 2.05) is 61.6 Å². The first-order chi connectivity index (χ1) is 19.3. The first-order valence-electron chi connectivity index (χ1n) is 12.9. The Bertz CT molecular complexity index is 979. The van der Waals surface area contributed by atoms with Crippen molar-refractivity contribution in [2.75, 3.05) is 13.1 Å². The average molecular weight is 612 g/mol. The molecule has 1 heterocycles. The van der Waals surface area contributed by atoms with Gasteiger partial charge in [-0.3, -0.25) is 4.79 Å². The molecule has 1 saturated heterocycles. The molecule has 5 rings (SSSR count). The zero-order valence-electron chi connectivity index (χ0n) is 22.4. The Hall–Kier alpha value is -2.70. The zero-order chi connectivity index (χ0) is 28.2. The zero-order valence-corrected chi connectivity index (χ0v) is 24.4. The van der Waals surface area contributed by atoms with Gasteiger partial charge in [-0.15, -0.1) is 0 Å². The average Bonchev–Trinajstić information content (AvgIpc) is 3.64. The standard InChI is InChI=1S/C28H28NO.C5H5.2CO.Mo/c30-27(29-22-11-4-12-23-29)20-13-21-28(24-14-5-1-6-15-24,25-16-7-2-8-17-25)26-18-9-3-10-19-26;1-2-4-5-3-1;2*1-2;/h1-3,5-10,13-21H,4,11-12,22-23H2;1-5H;;;. The quantitative estimate of drug-likeness (QED) is 0.129. The third-order valence-corrected chi connectivity index (χ3v) is 6.50. The largest absolute Gasteiger partial charge is 0.0312 e. The summed E-state index contributed by atoms with van der Waals surface area (Å²) >= 11 is 0. The van der Waals surface area contributed by atoms with Gasteiger partial charge in [0.15, 0.2) is 0 Å². The molecule has 40 heavy (non-hydrogen) atoms. The van der Waals surface area contributed by atoms with Crippen LogP contribution in [0, 0.1) is 64.7 Å². The first kappa shape index (κ1) is 35.3. The van der Waals surface area contributed by atoms with Crippen molar-refractivity contribution in [3.05, 3.63) is 172 Å². The van der Waals surface area contributed by atoms with Crippen LogP contribution < -0.4 is 0 Å². The molecular formula is C35H33MoNO3. The van der Waals surface area contributed by atoms with E-state index in [9.17, 15) is 4.79 Å². The van der Waals surface area contributed by atoms with Crippen LogP contribution in [-0.4, -0.2) is 23.9 Å². The molecule has 3 aromatic carbocycles. The summed E-state index contributed by atoms with van der Waals surface area (Å²) in [5.41, 5.74) is 3.06. The van der Waals surface area contributed by atoms with E-state index in [1.165, 1.54) is 23.1 Å². The van der Waals surface area contributed by atoms with E-state index in [0.29, 0.717) is 0 Å². The molecule has 1 saturated carbocycles. The van der Waals surface area contributed by atoms with Crippen molar-refractivity contribution in [3.8, 4) is 0 Å². The van der Waals surface area contributed by atoms with Gasteiger partial charge in [-0.2, -0.15) is 0 Å². The van der Waals surface area contributed by atoms with Crippen LogP contribution in [0.5, 0.6) is 0 Å². The minimum Gasteiger partial charge on any atom is -0.0312 e. The third-order valence-electron chi connectivity index (χ3n) is 6.50. The maximum absolute atomic E-state index is 12.7. The minimum absolute atomic E-state index is 0. The number of rotatable bonds is 7. The third kappa shape index (κ3) is 10.4. The number of amides is 1. The van der Waals surface area contributed by atoms with Gasteiger partial charge in [0.05, 0.1) is 6.42 Å². The van der Waals surface area contributed by atoms with Crippen LogP contribution in [0.15, 0.2) is 91.0 Å². The van der Waals surface area contributed by atoms with Gasteiger partial charge in [0.25, 0.3) is 0 Å². The normalized spacial score (nSPS) is 13.9. The number of carbonyl (C=O) groups is 1. The van der Waals surface area contributed by atoms with Crippen LogP contribution in [0.25, 0.3) is 0 Å². The molecular weight excluding hydrogens is 578 g/mol. The predicted molar refractivity (Wildman–Crippen MR) is 152 cm³/mol. The molecule has 0 unspecified atom stereocenters. The predicted octanol–water partition coefficient (Wildman–Crippen LogP) is 6.59. The molecule has 1 amide bonds. The number of piperidine rings is 1. The smallest absolute Gasteiger partial charge is 0 e. The maximum Gasteiger partial charge on any atom is 0 e. The van der Waals surface area contributed by atoms with Gasteiger partial charge in [-0.05, 0) is 80.9 Å². The van der Waals surface area contributed by atoms with E-state index in [2.05, 4.69) is 92.5 Å². The molecule has 3 aromatic rings. The molecule has 1 aliphatic heterocycles. The second kappa shape index (κ2) is 21.1. The summed E-state index contributed by atoms with van der Waals surface area (Å²) in [5, 5.41) is 0. The van der Waals surface area contributed by atoms with Crippen molar-refractivity contribution in [1.82, 2.24) is 4.90 Å². The Morgan fingerprint density at radius 3 is 1.32 bits per heavy atom. The summed E-state index contributed by atoms with van der Waals surface area (Å²) in [6.45, 7) is 10.7. The number of hydrogen-bond donors (Lipinski definition) is 0. The fourth-order valence-electron chi connectivity index (χ4n) is 4.71. The fourth-order valence-corrected chi connectivity index (χ4v) is 4.71. The van der Waals surface area contributed by atoms with E-state index in [4.69, 9.17) is 9.30 Å². The maximum atomic E-state index is 12.7. The monoisotopic (exact) mass is 613 g/mol. The topological polar surface area (TPSA) is 60.1 Å². The number of benzene rings is 3. The van der Waals surface area contributed by atoms with Crippen molar-refractivity contribution < 1.29 is 35.2 Å². The van der Waals surface area contributed by atoms with Gasteiger partial charge in [-0.25, -0.2) is 0 Å². The van der Waals surface area contributed by atoms with Gasteiger partial charge in [0.2, 0.25) is 5.91 Å². The Labute approximate surface area is 255 Å². The molecule has 2 fully saturated rings.